The first-order chi connectivity index (χ1) is 11.8. The van der Waals surface area contributed by atoms with Gasteiger partial charge in [-0.05, 0) is 17.5 Å². The van der Waals surface area contributed by atoms with Gasteiger partial charge in [0.05, 0.1) is 11.8 Å². The molecule has 1 saturated carbocycles. The van der Waals surface area contributed by atoms with Gasteiger partial charge >= 0.3 is 5.97 Å². The highest BCUT2D eigenvalue weighted by atomic mass is 35.5. The number of aliphatic carboxylic acids is 1. The van der Waals surface area contributed by atoms with E-state index in [-0.39, 0.29) is 5.91 Å². The van der Waals surface area contributed by atoms with Gasteiger partial charge in [0.1, 0.15) is 0 Å². The van der Waals surface area contributed by atoms with Crippen LogP contribution in [0.2, 0.25) is 5.02 Å². The monoisotopic (exact) mass is 363 g/mol. The summed E-state index contributed by atoms with van der Waals surface area (Å²) in [7, 11) is 0. The van der Waals surface area contributed by atoms with Gasteiger partial charge in [0.15, 0.2) is 0 Å². The van der Waals surface area contributed by atoms with Crippen molar-refractivity contribution in [2.24, 2.45) is 17.3 Å². The first-order valence-electron chi connectivity index (χ1n) is 7.89. The Hall–Kier alpha value is -2.41. The molecule has 0 spiro atoms. The van der Waals surface area contributed by atoms with Crippen LogP contribution < -0.4 is 5.32 Å². The molecule has 0 unspecified atom stereocenters. The number of aromatic nitrogens is 2. The number of nitrogens with one attached hydrogen (secondary N) is 1. The van der Waals surface area contributed by atoms with E-state index in [0.29, 0.717) is 29.7 Å². The van der Waals surface area contributed by atoms with Gasteiger partial charge in [-0.15, -0.1) is 0 Å². The second-order valence-corrected chi connectivity index (χ2v) is 7.11. The number of carbonyl (C=O) groups excluding carboxylic acids is 1. The Morgan fingerprint density at radius 1 is 1.36 bits per heavy atom. The minimum atomic E-state index is -0.937. The molecule has 1 aromatic heterocycles. The smallest absolute Gasteiger partial charge is 0.307 e. The largest absolute Gasteiger partial charge is 0.481 e. The van der Waals surface area contributed by atoms with Crippen LogP contribution in [0.4, 0.5) is 0 Å². The summed E-state index contributed by atoms with van der Waals surface area (Å²) in [4.78, 5) is 27.5. The van der Waals surface area contributed by atoms with Crippen LogP contribution in [0.1, 0.15) is 19.7 Å². The Labute approximate surface area is 149 Å². The lowest BCUT2D eigenvalue weighted by atomic mass is 10.1. The normalized spacial score (nSPS) is 20.9. The van der Waals surface area contributed by atoms with Gasteiger partial charge in [-0.1, -0.05) is 42.7 Å². The van der Waals surface area contributed by atoms with E-state index >= 15 is 0 Å². The van der Waals surface area contributed by atoms with Gasteiger partial charge in [-0.3, -0.25) is 9.59 Å². The van der Waals surface area contributed by atoms with Crippen LogP contribution in [0.15, 0.2) is 28.8 Å². The lowest BCUT2D eigenvalue weighted by molar-refractivity contribution is -0.140. The Balaban J connectivity index is 1.54. The first-order valence-corrected chi connectivity index (χ1v) is 8.27. The molecule has 8 heteroatoms. The number of carboxylic acids is 1. The molecule has 0 saturated heterocycles. The van der Waals surface area contributed by atoms with Crippen LogP contribution in [0.25, 0.3) is 11.4 Å². The number of halogens is 1. The predicted octanol–water partition coefficient (Wildman–Crippen LogP) is 2.41. The summed E-state index contributed by atoms with van der Waals surface area (Å²) < 4.78 is 5.17. The fourth-order valence-electron chi connectivity index (χ4n) is 3.09. The van der Waals surface area contributed by atoms with Crippen molar-refractivity contribution >= 4 is 23.5 Å². The summed E-state index contributed by atoms with van der Waals surface area (Å²) in [6.45, 7) is 3.87. The third-order valence-electron chi connectivity index (χ3n) is 4.56. The molecule has 132 valence electrons. The Kier molecular flexibility index (Phi) is 4.51. The van der Waals surface area contributed by atoms with Gasteiger partial charge in [-0.2, -0.15) is 4.98 Å². The van der Waals surface area contributed by atoms with Gasteiger partial charge in [0.2, 0.25) is 17.6 Å². The predicted molar refractivity (Wildman–Crippen MR) is 89.9 cm³/mol. The number of rotatable bonds is 6. The summed E-state index contributed by atoms with van der Waals surface area (Å²) in [6, 6.07) is 7.11. The SMILES string of the molecule is CC1(C)[C@H](C(=O)O)[C@@H]1C(=O)NCCc1nc(-c2cccc(Cl)c2)no1. The van der Waals surface area contributed by atoms with Gasteiger partial charge in [0, 0.05) is 23.6 Å². The number of hydrogen-bond acceptors (Lipinski definition) is 5. The average Bonchev–Trinajstić information content (AvgIpc) is 2.90. The second kappa shape index (κ2) is 6.48. The zero-order chi connectivity index (χ0) is 18.2. The van der Waals surface area contributed by atoms with Crippen LogP contribution in [-0.2, 0) is 16.0 Å². The van der Waals surface area contributed by atoms with Crippen molar-refractivity contribution in [3.8, 4) is 11.4 Å². The summed E-state index contributed by atoms with van der Waals surface area (Å²) >= 11 is 5.94. The van der Waals surface area contributed by atoms with E-state index in [0.717, 1.165) is 5.56 Å². The molecular formula is C17H18ClN3O4. The van der Waals surface area contributed by atoms with Gasteiger partial charge in [-0.25, -0.2) is 0 Å². The molecule has 1 fully saturated rings. The third-order valence-corrected chi connectivity index (χ3v) is 4.80. The van der Waals surface area contributed by atoms with E-state index in [1.807, 2.05) is 6.07 Å². The fraction of sp³-hybridized carbons (Fsp3) is 0.412. The maximum atomic E-state index is 12.1. The van der Waals surface area contributed by atoms with Crippen molar-refractivity contribution in [2.45, 2.75) is 20.3 Å². The van der Waals surface area contributed by atoms with Crippen LogP contribution in [0, 0.1) is 17.3 Å². The molecule has 0 aliphatic heterocycles. The zero-order valence-electron chi connectivity index (χ0n) is 13.8. The molecule has 7 nitrogen and oxygen atoms in total. The molecule has 1 aliphatic rings. The summed E-state index contributed by atoms with van der Waals surface area (Å²) in [6.07, 6.45) is 0.365. The highest BCUT2D eigenvalue weighted by Gasteiger charge is 2.65. The minimum absolute atomic E-state index is 0.257. The van der Waals surface area contributed by atoms with E-state index in [9.17, 15) is 9.59 Å². The van der Waals surface area contributed by atoms with E-state index in [1.54, 1.807) is 32.0 Å². The van der Waals surface area contributed by atoms with Crippen molar-refractivity contribution in [3.05, 3.63) is 35.2 Å². The Bertz CT molecular complexity index is 818. The molecule has 1 aromatic carbocycles. The highest BCUT2D eigenvalue weighted by Crippen LogP contribution is 2.58. The summed E-state index contributed by atoms with van der Waals surface area (Å²) in [5.41, 5.74) is 0.232. The molecule has 1 heterocycles. The van der Waals surface area contributed by atoms with Crippen molar-refractivity contribution in [3.63, 3.8) is 0 Å². The summed E-state index contributed by atoms with van der Waals surface area (Å²) in [5, 5.41) is 16.3. The number of carboxylic acid groups (broad SMARTS) is 1. The standard InChI is InChI=1S/C17H18ClN3O4/c1-17(2)12(13(17)16(23)24)15(22)19-7-6-11-20-14(21-25-11)9-4-3-5-10(18)8-9/h3-5,8,12-13H,6-7H2,1-2H3,(H,19,22)(H,23,24)/t12-,13+/m1/s1. The van der Waals surface area contributed by atoms with E-state index in [1.165, 1.54) is 0 Å². The topological polar surface area (TPSA) is 105 Å². The molecule has 25 heavy (non-hydrogen) atoms. The van der Waals surface area contributed by atoms with Crippen molar-refractivity contribution in [1.29, 1.82) is 0 Å². The van der Waals surface area contributed by atoms with E-state index in [4.69, 9.17) is 21.2 Å². The minimum Gasteiger partial charge on any atom is -0.481 e. The first kappa shape index (κ1) is 17.4. The van der Waals surface area contributed by atoms with Gasteiger partial charge < -0.3 is 14.9 Å². The molecular weight excluding hydrogens is 346 g/mol. The molecule has 0 radical (unpaired) electrons. The van der Waals surface area contributed by atoms with Crippen molar-refractivity contribution in [2.75, 3.05) is 6.54 Å². The van der Waals surface area contributed by atoms with E-state index < -0.39 is 23.2 Å². The maximum Gasteiger partial charge on any atom is 0.307 e. The molecule has 2 N–H and O–H groups in total. The summed E-state index contributed by atoms with van der Waals surface area (Å²) in [5.74, 6) is -1.52. The Morgan fingerprint density at radius 3 is 2.76 bits per heavy atom. The van der Waals surface area contributed by atoms with Gasteiger partial charge in [0.25, 0.3) is 0 Å². The van der Waals surface area contributed by atoms with Crippen LogP contribution in [0.5, 0.6) is 0 Å². The Morgan fingerprint density at radius 2 is 2.12 bits per heavy atom. The molecule has 1 aliphatic carbocycles. The number of hydrogen-bond donors (Lipinski definition) is 2. The van der Waals surface area contributed by atoms with Crippen molar-refractivity contribution in [1.82, 2.24) is 15.5 Å². The lowest BCUT2D eigenvalue weighted by Crippen LogP contribution is -2.29. The highest BCUT2D eigenvalue weighted by molar-refractivity contribution is 6.30. The third kappa shape index (κ3) is 3.51. The van der Waals surface area contributed by atoms with Crippen molar-refractivity contribution < 1.29 is 19.2 Å². The lowest BCUT2D eigenvalue weighted by Gasteiger charge is -2.04. The number of nitrogens with zero attached hydrogens (tertiary/aromatic N) is 2. The molecule has 2 aromatic rings. The number of amides is 1. The number of benzene rings is 1. The molecule has 1 amide bonds. The molecule has 0 bridgehead atoms. The molecule has 3 rings (SSSR count). The second-order valence-electron chi connectivity index (χ2n) is 6.68. The maximum absolute atomic E-state index is 12.1. The number of carbonyl (C=O) groups is 2. The van der Waals surface area contributed by atoms with Crippen LogP contribution >= 0.6 is 11.6 Å². The van der Waals surface area contributed by atoms with Crippen LogP contribution in [-0.4, -0.2) is 33.7 Å². The fourth-order valence-corrected chi connectivity index (χ4v) is 3.28. The zero-order valence-corrected chi connectivity index (χ0v) is 14.6. The van der Waals surface area contributed by atoms with E-state index in [2.05, 4.69) is 15.5 Å². The van der Waals surface area contributed by atoms with Crippen LogP contribution in [0.3, 0.4) is 0 Å². The average molecular weight is 364 g/mol. The molecule has 2 atom stereocenters. The quantitative estimate of drug-likeness (QED) is 0.816.